The molecule has 10 nitrogen and oxygen atoms in total. The second kappa shape index (κ2) is 8.66. The van der Waals surface area contributed by atoms with E-state index in [2.05, 4.69) is 20.9 Å². The van der Waals surface area contributed by atoms with Gasteiger partial charge in [0.2, 0.25) is 5.91 Å². The number of fused-ring (bicyclic) bond motifs is 2. The fraction of sp³-hybridized carbons (Fsp3) is 0.458. The van der Waals surface area contributed by atoms with Crippen molar-refractivity contribution < 1.29 is 9.53 Å². The molecule has 4 N–H and O–H groups in total. The summed E-state index contributed by atoms with van der Waals surface area (Å²) in [6.07, 6.45) is 2.70. The molecule has 1 aromatic carbocycles. The maximum atomic E-state index is 11.5. The van der Waals surface area contributed by atoms with E-state index in [1.165, 1.54) is 6.33 Å². The first kappa shape index (κ1) is 23.3. The van der Waals surface area contributed by atoms with Gasteiger partial charge in [-0.2, -0.15) is 10.4 Å². The predicted molar refractivity (Wildman–Crippen MR) is 131 cm³/mol. The van der Waals surface area contributed by atoms with Gasteiger partial charge in [0.15, 0.2) is 5.65 Å². The molecule has 0 bridgehead atoms. The van der Waals surface area contributed by atoms with Crippen LogP contribution in [0, 0.1) is 24.2 Å². The fourth-order valence-corrected chi connectivity index (χ4v) is 5.51. The second-order valence-corrected chi connectivity index (χ2v) is 9.90. The Labute approximate surface area is 207 Å². The molecule has 0 saturated heterocycles. The van der Waals surface area contributed by atoms with Crippen molar-refractivity contribution in [2.75, 3.05) is 12.3 Å². The topological polar surface area (TPSA) is 149 Å². The molecule has 0 spiro atoms. The summed E-state index contributed by atoms with van der Waals surface area (Å²) in [6, 6.07) is 3.94. The summed E-state index contributed by atoms with van der Waals surface area (Å²) in [5.41, 5.74) is 14.9. The average Bonchev–Trinajstić information content (AvgIpc) is 3.01. The third kappa shape index (κ3) is 3.85. The number of halogens is 1. The van der Waals surface area contributed by atoms with Crippen LogP contribution in [0.1, 0.15) is 55.1 Å². The van der Waals surface area contributed by atoms with Crippen LogP contribution in [0.15, 0.2) is 12.4 Å². The van der Waals surface area contributed by atoms with E-state index in [4.69, 9.17) is 32.9 Å². The Hall–Kier alpha value is -3.42. The molecule has 2 aromatic heterocycles. The Bertz CT molecular complexity index is 1370. The molecule has 1 saturated carbocycles. The number of nitriles is 1. The van der Waals surface area contributed by atoms with Crippen LogP contribution in [0.2, 0.25) is 5.02 Å². The summed E-state index contributed by atoms with van der Waals surface area (Å²) >= 11 is 6.64. The van der Waals surface area contributed by atoms with E-state index in [0.29, 0.717) is 59.1 Å². The SMILES string of the molecule is Cc1nn(C(C)c2cc(Cl)c(C#N)c3c2O[C@@H](C)CN(C2CC(C(N)=O)C2)C3)c2ncnc(N)c12. The molecule has 35 heavy (non-hydrogen) atoms. The van der Waals surface area contributed by atoms with Crippen molar-refractivity contribution in [3.8, 4) is 11.8 Å². The van der Waals surface area contributed by atoms with Gasteiger partial charge in [-0.15, -0.1) is 0 Å². The number of hydrogen-bond donors (Lipinski definition) is 2. The minimum atomic E-state index is -0.304. The zero-order chi connectivity index (χ0) is 25.0. The lowest BCUT2D eigenvalue weighted by Gasteiger charge is -2.41. The quantitative estimate of drug-likeness (QED) is 0.562. The lowest BCUT2D eigenvalue weighted by molar-refractivity contribution is -0.126. The van der Waals surface area contributed by atoms with Crippen LogP contribution in [-0.4, -0.2) is 49.2 Å². The van der Waals surface area contributed by atoms with E-state index in [0.717, 1.165) is 16.8 Å². The number of nitrogens with zero attached hydrogens (tertiary/aromatic N) is 6. The normalized spacial score (nSPS) is 23.0. The standard InChI is InChI=1S/C24H27ClN8O2/c1-11-8-32(15-4-14(5-15)23(28)34)9-18-17(7-26)19(25)6-16(21(18)35-11)13(3)33-24-20(12(2)31-33)22(27)29-10-30-24/h6,10-11,13-15H,4-5,8-9H2,1-3H3,(H2,28,34)(H2,27,29,30)/t11-,13?,14?,15?/m0/s1. The third-order valence-electron chi connectivity index (χ3n) is 7.18. The van der Waals surface area contributed by atoms with Crippen molar-refractivity contribution >= 4 is 34.4 Å². The van der Waals surface area contributed by atoms with E-state index in [9.17, 15) is 10.1 Å². The third-order valence-corrected chi connectivity index (χ3v) is 7.48. The number of nitrogen functional groups attached to an aromatic ring is 1. The van der Waals surface area contributed by atoms with Gasteiger partial charge in [-0.05, 0) is 39.7 Å². The molecule has 182 valence electrons. The van der Waals surface area contributed by atoms with Gasteiger partial charge in [0, 0.05) is 36.2 Å². The lowest BCUT2D eigenvalue weighted by Crippen LogP contribution is -2.49. The number of aromatic nitrogens is 4. The maximum Gasteiger partial charge on any atom is 0.220 e. The van der Waals surface area contributed by atoms with Gasteiger partial charge in [0.05, 0.1) is 27.7 Å². The number of carbonyl (C=O) groups is 1. The van der Waals surface area contributed by atoms with Crippen molar-refractivity contribution in [1.82, 2.24) is 24.6 Å². The molecule has 1 amide bonds. The van der Waals surface area contributed by atoms with Gasteiger partial charge in [-0.25, -0.2) is 14.6 Å². The number of carbonyl (C=O) groups excluding carboxylic acids is 1. The molecule has 11 heteroatoms. The highest BCUT2D eigenvalue weighted by atomic mass is 35.5. The summed E-state index contributed by atoms with van der Waals surface area (Å²) in [6.45, 7) is 7.01. The Kier molecular flexibility index (Phi) is 5.77. The Morgan fingerprint density at radius 2 is 2.11 bits per heavy atom. The Morgan fingerprint density at radius 3 is 2.80 bits per heavy atom. The molecule has 1 unspecified atom stereocenters. The van der Waals surface area contributed by atoms with E-state index in [-0.39, 0.29) is 30.0 Å². The van der Waals surface area contributed by atoms with Crippen molar-refractivity contribution in [1.29, 1.82) is 5.26 Å². The zero-order valence-electron chi connectivity index (χ0n) is 19.8. The van der Waals surface area contributed by atoms with E-state index >= 15 is 0 Å². The predicted octanol–water partition coefficient (Wildman–Crippen LogP) is 2.70. The minimum absolute atomic E-state index is 0.102. The van der Waals surface area contributed by atoms with E-state index in [1.54, 1.807) is 10.7 Å². The first-order valence-corrected chi connectivity index (χ1v) is 12.0. The first-order chi connectivity index (χ1) is 16.7. The lowest BCUT2D eigenvalue weighted by atomic mass is 9.78. The molecular weight excluding hydrogens is 468 g/mol. The van der Waals surface area contributed by atoms with Crippen molar-refractivity contribution in [3.05, 3.63) is 39.8 Å². The van der Waals surface area contributed by atoms with Gasteiger partial charge in [0.1, 0.15) is 30.1 Å². The van der Waals surface area contributed by atoms with Gasteiger partial charge in [-0.3, -0.25) is 9.69 Å². The van der Waals surface area contributed by atoms with Crippen LogP contribution in [-0.2, 0) is 11.3 Å². The number of benzene rings is 1. The smallest absolute Gasteiger partial charge is 0.220 e. The largest absolute Gasteiger partial charge is 0.489 e. The van der Waals surface area contributed by atoms with Crippen LogP contribution >= 0.6 is 11.6 Å². The van der Waals surface area contributed by atoms with Crippen LogP contribution in [0.4, 0.5) is 5.82 Å². The Balaban J connectivity index is 1.59. The second-order valence-electron chi connectivity index (χ2n) is 9.49. The van der Waals surface area contributed by atoms with Crippen LogP contribution in [0.3, 0.4) is 0 Å². The van der Waals surface area contributed by atoms with Crippen molar-refractivity contribution in [2.24, 2.45) is 11.7 Å². The number of rotatable bonds is 4. The first-order valence-electron chi connectivity index (χ1n) is 11.6. The molecule has 2 aliphatic rings. The van der Waals surface area contributed by atoms with Gasteiger partial charge < -0.3 is 16.2 Å². The molecule has 0 radical (unpaired) electrons. The number of anilines is 1. The van der Waals surface area contributed by atoms with Crippen molar-refractivity contribution in [2.45, 2.75) is 58.3 Å². The fourth-order valence-electron chi connectivity index (χ4n) is 5.23. The highest BCUT2D eigenvalue weighted by Gasteiger charge is 2.40. The zero-order valence-corrected chi connectivity index (χ0v) is 20.6. The monoisotopic (exact) mass is 494 g/mol. The Morgan fingerprint density at radius 1 is 1.37 bits per heavy atom. The average molecular weight is 495 g/mol. The van der Waals surface area contributed by atoms with Crippen molar-refractivity contribution in [3.63, 3.8) is 0 Å². The molecule has 3 heterocycles. The number of amides is 1. The highest BCUT2D eigenvalue weighted by Crippen LogP contribution is 2.42. The molecule has 2 atom stereocenters. The molecule has 3 aromatic rings. The summed E-state index contributed by atoms with van der Waals surface area (Å²) in [5, 5.41) is 15.7. The highest BCUT2D eigenvalue weighted by molar-refractivity contribution is 6.32. The van der Waals surface area contributed by atoms with E-state index < -0.39 is 0 Å². The number of ether oxygens (including phenoxy) is 1. The van der Waals surface area contributed by atoms with E-state index in [1.807, 2.05) is 20.8 Å². The maximum absolute atomic E-state index is 11.5. The number of aryl methyl sites for hydroxylation is 1. The number of primary amides is 1. The van der Waals surface area contributed by atoms with Crippen LogP contribution in [0.5, 0.6) is 5.75 Å². The molecule has 1 fully saturated rings. The number of nitrogens with two attached hydrogens (primary N) is 2. The van der Waals surface area contributed by atoms with Crippen LogP contribution < -0.4 is 16.2 Å². The molecule has 5 rings (SSSR count). The molecule has 1 aliphatic heterocycles. The van der Waals surface area contributed by atoms with Crippen LogP contribution in [0.25, 0.3) is 11.0 Å². The summed E-state index contributed by atoms with van der Waals surface area (Å²) < 4.78 is 8.24. The molecular formula is C24H27ClN8O2. The summed E-state index contributed by atoms with van der Waals surface area (Å²) in [4.78, 5) is 22.3. The summed E-state index contributed by atoms with van der Waals surface area (Å²) in [7, 11) is 0. The minimum Gasteiger partial charge on any atom is -0.489 e. The van der Waals surface area contributed by atoms with Gasteiger partial charge in [-0.1, -0.05) is 11.6 Å². The molecule has 1 aliphatic carbocycles. The summed E-state index contributed by atoms with van der Waals surface area (Å²) in [5.74, 6) is 0.652. The van der Waals surface area contributed by atoms with Gasteiger partial charge >= 0.3 is 0 Å². The van der Waals surface area contributed by atoms with Gasteiger partial charge in [0.25, 0.3) is 0 Å². The number of hydrogen-bond acceptors (Lipinski definition) is 8.